The van der Waals surface area contributed by atoms with Crippen LogP contribution in [0.25, 0.3) is 0 Å². The van der Waals surface area contributed by atoms with Crippen molar-refractivity contribution in [1.82, 2.24) is 0 Å². The Morgan fingerprint density at radius 3 is 1.42 bits per heavy atom. The van der Waals surface area contributed by atoms with Gasteiger partial charge in [0.05, 0.1) is 16.9 Å². The molecule has 208 valence electrons. The van der Waals surface area contributed by atoms with Crippen LogP contribution in [0.2, 0.25) is 0 Å². The van der Waals surface area contributed by atoms with Crippen molar-refractivity contribution in [3.8, 4) is 0 Å². The molecule has 0 unspecified atom stereocenters. The number of unbranched alkanes of at least 4 members (excludes halogenated alkanes) is 8. The number of nitrogens with zero attached hydrogens (tertiary/aromatic N) is 2. The predicted molar refractivity (Wildman–Crippen MR) is 162 cm³/mol. The van der Waals surface area contributed by atoms with Crippen molar-refractivity contribution < 1.29 is 9.59 Å². The van der Waals surface area contributed by atoms with Crippen LogP contribution in [0.15, 0.2) is 36.4 Å². The van der Waals surface area contributed by atoms with E-state index in [-0.39, 0.29) is 11.6 Å². The summed E-state index contributed by atoms with van der Waals surface area (Å²) in [4.78, 5) is 32.8. The van der Waals surface area contributed by atoms with E-state index in [4.69, 9.17) is 0 Å². The molecule has 1 aliphatic carbocycles. The lowest BCUT2D eigenvalue weighted by molar-refractivity contribution is 0.0979. The van der Waals surface area contributed by atoms with Gasteiger partial charge >= 0.3 is 0 Å². The lowest BCUT2D eigenvalue weighted by Gasteiger charge is -2.36. The maximum Gasteiger partial charge on any atom is 0.196 e. The lowest BCUT2D eigenvalue weighted by Crippen LogP contribution is -2.34. The second-order valence-corrected chi connectivity index (χ2v) is 10.9. The van der Waals surface area contributed by atoms with Gasteiger partial charge in [-0.2, -0.15) is 0 Å². The highest BCUT2D eigenvalue weighted by atomic mass is 16.1. The lowest BCUT2D eigenvalue weighted by atomic mass is 9.82. The van der Waals surface area contributed by atoms with Crippen LogP contribution in [0.4, 0.5) is 11.4 Å². The zero-order valence-corrected chi connectivity index (χ0v) is 24.5. The molecule has 2 aromatic carbocycles. The summed E-state index contributed by atoms with van der Waals surface area (Å²) in [5.74, 6) is -0.0151. The van der Waals surface area contributed by atoms with Crippen molar-refractivity contribution in [3.05, 3.63) is 58.7 Å². The van der Waals surface area contributed by atoms with Gasteiger partial charge in [-0.25, -0.2) is 0 Å². The van der Waals surface area contributed by atoms with Crippen molar-refractivity contribution in [3.63, 3.8) is 0 Å². The van der Waals surface area contributed by atoms with Crippen molar-refractivity contribution >= 4 is 22.9 Å². The largest absolute Gasteiger partial charge is 0.370 e. The van der Waals surface area contributed by atoms with Crippen molar-refractivity contribution in [2.45, 2.75) is 105 Å². The fourth-order valence-electron chi connectivity index (χ4n) is 5.63. The van der Waals surface area contributed by atoms with E-state index in [2.05, 4.69) is 43.6 Å². The third kappa shape index (κ3) is 7.27. The van der Waals surface area contributed by atoms with Gasteiger partial charge in [0.2, 0.25) is 0 Å². The first-order valence-electron chi connectivity index (χ1n) is 15.4. The summed E-state index contributed by atoms with van der Waals surface area (Å²) in [7, 11) is 0. The highest BCUT2D eigenvalue weighted by Gasteiger charge is 2.35. The van der Waals surface area contributed by atoms with Gasteiger partial charge in [-0.1, -0.05) is 103 Å². The van der Waals surface area contributed by atoms with Gasteiger partial charge in [-0.05, 0) is 37.8 Å². The van der Waals surface area contributed by atoms with E-state index in [9.17, 15) is 9.59 Å². The molecule has 0 saturated carbocycles. The van der Waals surface area contributed by atoms with Gasteiger partial charge < -0.3 is 9.80 Å². The van der Waals surface area contributed by atoms with E-state index in [1.807, 2.05) is 24.3 Å². The number of rotatable bonds is 18. The van der Waals surface area contributed by atoms with Crippen LogP contribution in [0.3, 0.4) is 0 Å². The Labute approximate surface area is 231 Å². The molecule has 4 nitrogen and oxygen atoms in total. The highest BCUT2D eigenvalue weighted by Crippen LogP contribution is 2.41. The van der Waals surface area contributed by atoms with Crippen molar-refractivity contribution in [2.24, 2.45) is 0 Å². The van der Waals surface area contributed by atoms with E-state index in [1.165, 1.54) is 38.5 Å². The number of hydrogen-bond donors (Lipinski definition) is 0. The molecular weight excluding hydrogens is 468 g/mol. The van der Waals surface area contributed by atoms with E-state index in [0.29, 0.717) is 22.3 Å². The fourth-order valence-corrected chi connectivity index (χ4v) is 5.63. The van der Waals surface area contributed by atoms with Crippen LogP contribution in [-0.4, -0.2) is 37.7 Å². The molecule has 38 heavy (non-hydrogen) atoms. The first kappa shape index (κ1) is 29.9. The first-order chi connectivity index (χ1) is 18.6. The van der Waals surface area contributed by atoms with Gasteiger partial charge in [0.25, 0.3) is 0 Å². The molecule has 0 fully saturated rings. The predicted octanol–water partition coefficient (Wildman–Crippen LogP) is 8.84. The number of carbonyl (C=O) groups is 2. The molecule has 0 amide bonds. The zero-order chi connectivity index (χ0) is 27.3. The molecule has 0 aliphatic heterocycles. The number of hydrogen-bond acceptors (Lipinski definition) is 4. The zero-order valence-electron chi connectivity index (χ0n) is 24.5. The minimum atomic E-state index is -0.0198. The summed E-state index contributed by atoms with van der Waals surface area (Å²) in [6.45, 7) is 12.8. The number of fused-ring (bicyclic) bond motifs is 2. The van der Waals surface area contributed by atoms with Gasteiger partial charge in [-0.3, -0.25) is 9.59 Å². The first-order valence-corrected chi connectivity index (χ1v) is 15.4. The summed E-state index contributed by atoms with van der Waals surface area (Å²) in [5, 5.41) is 0. The number of carbonyl (C=O) groups excluding carboxylic acids is 2. The highest BCUT2D eigenvalue weighted by molar-refractivity contribution is 6.30. The smallest absolute Gasteiger partial charge is 0.196 e. The molecule has 1 aliphatic rings. The number of ketones is 2. The van der Waals surface area contributed by atoms with Gasteiger partial charge in [0, 0.05) is 42.9 Å². The van der Waals surface area contributed by atoms with E-state index >= 15 is 0 Å². The Morgan fingerprint density at radius 1 is 0.500 bits per heavy atom. The Bertz CT molecular complexity index is 1020. The standard InChI is InChI=1S/C34H50N2O2/c1-5-9-15-23-35(24-16-10-6-2)30-22-21-29-31(34(38)28-20-14-13-19-27(28)33(29)37)32(30)36(25-17-11-7-3)26-18-12-8-4/h13-14,19-22H,5-12,15-18,23-26H2,1-4H3. The Kier molecular flexibility index (Phi) is 12.4. The third-order valence-corrected chi connectivity index (χ3v) is 7.83. The molecule has 3 rings (SSSR count). The van der Waals surface area contributed by atoms with Gasteiger partial charge in [0.1, 0.15) is 0 Å². The molecule has 0 atom stereocenters. The SMILES string of the molecule is CCCCCN(CCCCC)c1ccc2c(c1N(CCCCC)CCCCC)C(=O)c1ccccc1C2=O. The second kappa shape index (κ2) is 15.7. The second-order valence-electron chi connectivity index (χ2n) is 10.9. The van der Waals surface area contributed by atoms with Crippen LogP contribution < -0.4 is 9.80 Å². The Hall–Kier alpha value is -2.62. The molecule has 0 radical (unpaired) electrons. The Balaban J connectivity index is 2.17. The summed E-state index contributed by atoms with van der Waals surface area (Å²) in [5.41, 5.74) is 4.45. The van der Waals surface area contributed by atoms with Crippen LogP contribution >= 0.6 is 0 Å². The van der Waals surface area contributed by atoms with Crippen LogP contribution in [0.5, 0.6) is 0 Å². The maximum atomic E-state index is 14.1. The Morgan fingerprint density at radius 2 is 0.947 bits per heavy atom. The van der Waals surface area contributed by atoms with E-state index in [1.54, 1.807) is 6.07 Å². The maximum absolute atomic E-state index is 14.1. The molecule has 0 saturated heterocycles. The summed E-state index contributed by atoms with van der Waals surface area (Å²) in [6, 6.07) is 11.4. The summed E-state index contributed by atoms with van der Waals surface area (Å²) < 4.78 is 0. The normalized spacial score (nSPS) is 12.4. The molecule has 0 N–H and O–H groups in total. The molecule has 0 bridgehead atoms. The number of anilines is 2. The van der Waals surface area contributed by atoms with Crippen LogP contribution in [0, 0.1) is 0 Å². The van der Waals surface area contributed by atoms with Gasteiger partial charge in [0.15, 0.2) is 11.6 Å². The van der Waals surface area contributed by atoms with Crippen LogP contribution in [0.1, 0.15) is 137 Å². The summed E-state index contributed by atoms with van der Waals surface area (Å²) >= 11 is 0. The third-order valence-electron chi connectivity index (χ3n) is 7.83. The van der Waals surface area contributed by atoms with Crippen LogP contribution in [-0.2, 0) is 0 Å². The van der Waals surface area contributed by atoms with E-state index < -0.39 is 0 Å². The van der Waals surface area contributed by atoms with Crippen molar-refractivity contribution in [2.75, 3.05) is 36.0 Å². The topological polar surface area (TPSA) is 40.6 Å². The minimum absolute atomic E-state index is 0.00472. The molecule has 0 spiro atoms. The average molecular weight is 519 g/mol. The molecule has 0 aromatic heterocycles. The monoisotopic (exact) mass is 518 g/mol. The van der Waals surface area contributed by atoms with E-state index in [0.717, 1.165) is 76.1 Å². The molecule has 0 heterocycles. The average Bonchev–Trinajstić information content (AvgIpc) is 2.94. The minimum Gasteiger partial charge on any atom is -0.370 e. The molecular formula is C34H50N2O2. The summed E-state index contributed by atoms with van der Waals surface area (Å²) in [6.07, 6.45) is 13.9. The van der Waals surface area contributed by atoms with Gasteiger partial charge in [-0.15, -0.1) is 0 Å². The molecule has 4 heteroatoms. The fraction of sp³-hybridized carbons (Fsp3) is 0.588. The van der Waals surface area contributed by atoms with Crippen molar-refractivity contribution in [1.29, 1.82) is 0 Å². The quantitative estimate of drug-likeness (QED) is 0.158. The molecule has 2 aromatic rings. The number of benzene rings is 2.